The van der Waals surface area contributed by atoms with E-state index >= 15 is 0 Å². The molecular formula is C20H25NO3. The standard InChI is InChI=1S/C20H25NO3/c22-12-11-21(18-7-2-1-3-8-18)14-19(23)15-24-20-10-9-16-5-4-6-17(16)13-20/h1-3,7-10,13,19,22-23H,4-6,11-12,14-15H2. The highest BCUT2D eigenvalue weighted by atomic mass is 16.5. The van der Waals surface area contributed by atoms with E-state index in [-0.39, 0.29) is 13.2 Å². The van der Waals surface area contributed by atoms with Crippen LogP contribution in [-0.4, -0.2) is 42.6 Å². The quantitative estimate of drug-likeness (QED) is 0.782. The molecule has 0 aromatic heterocycles. The van der Waals surface area contributed by atoms with Gasteiger partial charge in [-0.2, -0.15) is 0 Å². The first-order valence-corrected chi connectivity index (χ1v) is 8.60. The molecule has 4 nitrogen and oxygen atoms in total. The summed E-state index contributed by atoms with van der Waals surface area (Å²) in [5.41, 5.74) is 3.78. The van der Waals surface area contributed by atoms with Crippen LogP contribution in [0, 0.1) is 0 Å². The van der Waals surface area contributed by atoms with Gasteiger partial charge in [-0.1, -0.05) is 24.3 Å². The molecule has 128 valence electrons. The molecule has 0 radical (unpaired) electrons. The van der Waals surface area contributed by atoms with E-state index in [1.54, 1.807) is 0 Å². The second-order valence-electron chi connectivity index (χ2n) is 6.25. The lowest BCUT2D eigenvalue weighted by Gasteiger charge is -2.26. The maximum Gasteiger partial charge on any atom is 0.119 e. The van der Waals surface area contributed by atoms with Crippen molar-refractivity contribution in [3.63, 3.8) is 0 Å². The fraction of sp³-hybridized carbons (Fsp3) is 0.400. The van der Waals surface area contributed by atoms with Crippen LogP contribution in [0.3, 0.4) is 0 Å². The fourth-order valence-corrected chi connectivity index (χ4v) is 3.22. The average molecular weight is 327 g/mol. The van der Waals surface area contributed by atoms with Crippen molar-refractivity contribution < 1.29 is 14.9 Å². The van der Waals surface area contributed by atoms with Gasteiger partial charge >= 0.3 is 0 Å². The Bertz CT molecular complexity index is 645. The van der Waals surface area contributed by atoms with Crippen LogP contribution in [0.25, 0.3) is 0 Å². The molecule has 1 aliphatic carbocycles. The van der Waals surface area contributed by atoms with Gasteiger partial charge in [-0.05, 0) is 54.7 Å². The average Bonchev–Trinajstić information content (AvgIpc) is 3.08. The Morgan fingerprint density at radius 1 is 1.04 bits per heavy atom. The smallest absolute Gasteiger partial charge is 0.119 e. The molecule has 0 heterocycles. The number of ether oxygens (including phenoxy) is 1. The third-order valence-electron chi connectivity index (χ3n) is 4.43. The Morgan fingerprint density at radius 2 is 1.83 bits per heavy atom. The normalized spacial score (nSPS) is 14.2. The number of nitrogens with zero attached hydrogens (tertiary/aromatic N) is 1. The van der Waals surface area contributed by atoms with E-state index in [2.05, 4.69) is 12.1 Å². The van der Waals surface area contributed by atoms with Crippen molar-refractivity contribution in [1.82, 2.24) is 0 Å². The van der Waals surface area contributed by atoms with Gasteiger partial charge in [0.2, 0.25) is 0 Å². The summed E-state index contributed by atoms with van der Waals surface area (Å²) in [4.78, 5) is 1.97. The van der Waals surface area contributed by atoms with Crippen molar-refractivity contribution in [2.24, 2.45) is 0 Å². The molecule has 1 aliphatic rings. The molecule has 1 unspecified atom stereocenters. The third kappa shape index (κ3) is 4.28. The molecule has 2 N–H and O–H groups in total. The molecule has 24 heavy (non-hydrogen) atoms. The van der Waals surface area contributed by atoms with E-state index in [4.69, 9.17) is 4.74 Å². The van der Waals surface area contributed by atoms with Gasteiger partial charge in [0.05, 0.1) is 6.61 Å². The number of anilines is 1. The molecular weight excluding hydrogens is 302 g/mol. The van der Waals surface area contributed by atoms with E-state index < -0.39 is 6.10 Å². The molecule has 0 saturated carbocycles. The maximum absolute atomic E-state index is 10.3. The first-order valence-electron chi connectivity index (χ1n) is 8.60. The van der Waals surface area contributed by atoms with Crippen molar-refractivity contribution in [1.29, 1.82) is 0 Å². The lowest BCUT2D eigenvalue weighted by Crippen LogP contribution is -2.37. The highest BCUT2D eigenvalue weighted by Crippen LogP contribution is 2.26. The van der Waals surface area contributed by atoms with E-state index in [0.29, 0.717) is 13.1 Å². The summed E-state index contributed by atoms with van der Waals surface area (Å²) in [6.07, 6.45) is 2.87. The maximum atomic E-state index is 10.3. The minimum Gasteiger partial charge on any atom is -0.491 e. The topological polar surface area (TPSA) is 52.9 Å². The van der Waals surface area contributed by atoms with Gasteiger partial charge in [-0.3, -0.25) is 0 Å². The number of benzene rings is 2. The minimum atomic E-state index is -0.620. The van der Waals surface area contributed by atoms with Crippen molar-refractivity contribution in [3.05, 3.63) is 59.7 Å². The molecule has 0 amide bonds. The number of aliphatic hydroxyl groups excluding tert-OH is 2. The largest absolute Gasteiger partial charge is 0.491 e. The summed E-state index contributed by atoms with van der Waals surface area (Å²) in [7, 11) is 0. The molecule has 0 aliphatic heterocycles. The lowest BCUT2D eigenvalue weighted by molar-refractivity contribution is 0.111. The number of hydrogen-bond donors (Lipinski definition) is 2. The van der Waals surface area contributed by atoms with Gasteiger partial charge in [0.1, 0.15) is 18.5 Å². The van der Waals surface area contributed by atoms with Gasteiger partial charge in [-0.25, -0.2) is 0 Å². The van der Waals surface area contributed by atoms with E-state index in [9.17, 15) is 10.2 Å². The molecule has 4 heteroatoms. The van der Waals surface area contributed by atoms with Crippen LogP contribution in [-0.2, 0) is 12.8 Å². The van der Waals surface area contributed by atoms with Crippen molar-refractivity contribution >= 4 is 5.69 Å². The number of para-hydroxylation sites is 1. The third-order valence-corrected chi connectivity index (χ3v) is 4.43. The summed E-state index contributed by atoms with van der Waals surface area (Å²) in [5.74, 6) is 0.822. The number of aryl methyl sites for hydroxylation is 2. The number of aliphatic hydroxyl groups is 2. The van der Waals surface area contributed by atoms with Gasteiger partial charge < -0.3 is 19.8 Å². The molecule has 0 fully saturated rings. The number of fused-ring (bicyclic) bond motifs is 1. The van der Waals surface area contributed by atoms with Gasteiger partial charge in [0.25, 0.3) is 0 Å². The summed E-state index contributed by atoms with van der Waals surface area (Å²) in [6.45, 7) is 1.20. The highest BCUT2D eigenvalue weighted by molar-refractivity contribution is 5.46. The van der Waals surface area contributed by atoms with Crippen LogP contribution in [0.5, 0.6) is 5.75 Å². The van der Waals surface area contributed by atoms with Gasteiger partial charge in [0, 0.05) is 18.8 Å². The highest BCUT2D eigenvalue weighted by Gasteiger charge is 2.14. The summed E-state index contributed by atoms with van der Waals surface area (Å²) in [5, 5.41) is 19.6. The molecule has 0 bridgehead atoms. The predicted molar refractivity (Wildman–Crippen MR) is 95.7 cm³/mol. The van der Waals surface area contributed by atoms with Crippen molar-refractivity contribution in [2.75, 3.05) is 31.2 Å². The number of hydrogen-bond acceptors (Lipinski definition) is 4. The first kappa shape index (κ1) is 16.8. The van der Waals surface area contributed by atoms with E-state index in [0.717, 1.165) is 24.3 Å². The molecule has 2 aromatic rings. The Balaban J connectivity index is 1.55. The molecule has 1 atom stereocenters. The molecule has 0 saturated heterocycles. The summed E-state index contributed by atoms with van der Waals surface area (Å²) in [6, 6.07) is 16.0. The zero-order valence-electron chi connectivity index (χ0n) is 13.9. The predicted octanol–water partition coefficient (Wildman–Crippen LogP) is 2.41. The lowest BCUT2D eigenvalue weighted by atomic mass is 10.1. The van der Waals surface area contributed by atoms with Crippen LogP contribution < -0.4 is 9.64 Å². The van der Waals surface area contributed by atoms with E-state index in [1.807, 2.05) is 41.3 Å². The SMILES string of the molecule is OCCN(CC(O)COc1ccc2c(c1)CCC2)c1ccccc1. The van der Waals surface area contributed by atoms with Crippen molar-refractivity contribution in [2.45, 2.75) is 25.4 Å². The van der Waals surface area contributed by atoms with Crippen molar-refractivity contribution in [3.8, 4) is 5.75 Å². The minimum absolute atomic E-state index is 0.0489. The fourth-order valence-electron chi connectivity index (χ4n) is 3.22. The Hall–Kier alpha value is -2.04. The van der Waals surface area contributed by atoms with Crippen LogP contribution in [0.1, 0.15) is 17.5 Å². The molecule has 2 aromatic carbocycles. The Kier molecular flexibility index (Phi) is 5.72. The number of rotatable bonds is 8. The second kappa shape index (κ2) is 8.18. The molecule has 0 spiro atoms. The summed E-state index contributed by atoms with van der Waals surface area (Å²) < 4.78 is 5.77. The monoisotopic (exact) mass is 327 g/mol. The Labute approximate surface area is 143 Å². The van der Waals surface area contributed by atoms with Crippen LogP contribution >= 0.6 is 0 Å². The summed E-state index contributed by atoms with van der Waals surface area (Å²) >= 11 is 0. The van der Waals surface area contributed by atoms with Crippen LogP contribution in [0.15, 0.2) is 48.5 Å². The van der Waals surface area contributed by atoms with Gasteiger partial charge in [0.15, 0.2) is 0 Å². The Morgan fingerprint density at radius 3 is 2.62 bits per heavy atom. The zero-order valence-corrected chi connectivity index (χ0v) is 13.9. The zero-order chi connectivity index (χ0) is 16.8. The first-order chi connectivity index (χ1) is 11.8. The van der Waals surface area contributed by atoms with E-state index in [1.165, 1.54) is 17.5 Å². The van der Waals surface area contributed by atoms with Gasteiger partial charge in [-0.15, -0.1) is 0 Å². The second-order valence-corrected chi connectivity index (χ2v) is 6.25. The van der Waals surface area contributed by atoms with Crippen LogP contribution in [0.2, 0.25) is 0 Å². The van der Waals surface area contributed by atoms with Crippen LogP contribution in [0.4, 0.5) is 5.69 Å². The molecule has 3 rings (SSSR count).